The molecule has 2 saturated heterocycles. The summed E-state index contributed by atoms with van der Waals surface area (Å²) in [5.41, 5.74) is 0. The maximum Gasteiger partial charge on any atom is 0.264 e. The zero-order chi connectivity index (χ0) is 18.8. The van der Waals surface area contributed by atoms with Crippen molar-refractivity contribution >= 4 is 45.0 Å². The third kappa shape index (κ3) is 3.93. The minimum atomic E-state index is 0.143. The molecule has 4 heterocycles. The van der Waals surface area contributed by atoms with Crippen molar-refractivity contribution in [1.82, 2.24) is 19.8 Å². The Morgan fingerprint density at radius 3 is 2.52 bits per heavy atom. The van der Waals surface area contributed by atoms with E-state index in [-0.39, 0.29) is 5.91 Å². The molecule has 146 valence electrons. The number of piperazine rings is 1. The molecule has 0 aromatic carbocycles. The molecule has 1 amide bonds. The van der Waals surface area contributed by atoms with Gasteiger partial charge in [0.1, 0.15) is 10.6 Å². The summed E-state index contributed by atoms with van der Waals surface area (Å²) in [6.07, 6.45) is 5.71. The first-order valence-electron chi connectivity index (χ1n) is 9.81. The predicted molar refractivity (Wildman–Crippen MR) is 113 cm³/mol. The van der Waals surface area contributed by atoms with Crippen molar-refractivity contribution in [3.63, 3.8) is 0 Å². The molecular formula is C19H27N5OS2. The highest BCUT2D eigenvalue weighted by molar-refractivity contribution is 7.98. The number of nitrogens with zero attached hydrogens (tertiary/aromatic N) is 5. The van der Waals surface area contributed by atoms with Gasteiger partial charge in [-0.25, -0.2) is 9.97 Å². The van der Waals surface area contributed by atoms with Crippen LogP contribution in [-0.4, -0.2) is 77.7 Å². The monoisotopic (exact) mass is 405 g/mol. The number of carbonyl (C=O) groups is 1. The van der Waals surface area contributed by atoms with E-state index < -0.39 is 0 Å². The number of piperidine rings is 1. The highest BCUT2D eigenvalue weighted by Gasteiger charge is 2.25. The second-order valence-corrected chi connectivity index (χ2v) is 8.94. The van der Waals surface area contributed by atoms with E-state index in [0.29, 0.717) is 0 Å². The van der Waals surface area contributed by atoms with Crippen LogP contribution in [0.25, 0.3) is 10.2 Å². The quantitative estimate of drug-likeness (QED) is 0.575. The Balaban J connectivity index is 1.64. The lowest BCUT2D eigenvalue weighted by atomic mass is 10.1. The summed E-state index contributed by atoms with van der Waals surface area (Å²) < 4.78 is 0. The number of thiophene rings is 1. The van der Waals surface area contributed by atoms with Crippen LogP contribution >= 0.6 is 23.1 Å². The molecule has 0 unspecified atom stereocenters. The summed E-state index contributed by atoms with van der Waals surface area (Å²) >= 11 is 3.08. The standard InChI is InChI=1S/C19H27N5OS2/c1-3-22-9-11-24(12-10-22)18(25)15-13-14-16(23-7-5-4-6-8-23)20-19(26-2)21-17(14)27-15/h13H,3-12H2,1-2H3. The summed E-state index contributed by atoms with van der Waals surface area (Å²) in [5, 5.41) is 1.83. The predicted octanol–water partition coefficient (Wildman–Crippen LogP) is 3.18. The van der Waals surface area contributed by atoms with Crippen LogP contribution in [0.1, 0.15) is 35.9 Å². The number of anilines is 1. The van der Waals surface area contributed by atoms with E-state index in [1.165, 1.54) is 30.6 Å². The third-order valence-corrected chi connectivity index (χ3v) is 7.07. The zero-order valence-corrected chi connectivity index (χ0v) is 17.7. The van der Waals surface area contributed by atoms with E-state index in [9.17, 15) is 4.79 Å². The van der Waals surface area contributed by atoms with Crippen LogP contribution in [0.3, 0.4) is 0 Å². The van der Waals surface area contributed by atoms with Gasteiger partial charge < -0.3 is 14.7 Å². The second-order valence-electron chi connectivity index (χ2n) is 7.14. The number of likely N-dealkylation sites (N-methyl/N-ethyl adjacent to an activating group) is 1. The molecule has 8 heteroatoms. The SMILES string of the molecule is CCN1CCN(C(=O)c2cc3c(N4CCCCC4)nc(SC)nc3s2)CC1. The van der Waals surface area contributed by atoms with Crippen LogP contribution in [0.5, 0.6) is 0 Å². The summed E-state index contributed by atoms with van der Waals surface area (Å²) in [5.74, 6) is 1.15. The summed E-state index contributed by atoms with van der Waals surface area (Å²) in [6, 6.07) is 2.03. The van der Waals surface area contributed by atoms with Gasteiger partial charge in [0.25, 0.3) is 5.91 Å². The number of aromatic nitrogens is 2. The first-order chi connectivity index (χ1) is 13.2. The van der Waals surface area contributed by atoms with E-state index in [2.05, 4.69) is 21.7 Å². The number of carbonyl (C=O) groups excluding carboxylic acids is 1. The molecule has 2 aromatic rings. The van der Waals surface area contributed by atoms with Gasteiger partial charge in [-0.15, -0.1) is 11.3 Å². The Hall–Kier alpha value is -1.38. The first-order valence-corrected chi connectivity index (χ1v) is 11.9. The Kier molecular flexibility index (Phi) is 5.85. The van der Waals surface area contributed by atoms with Crippen molar-refractivity contribution in [2.75, 3.05) is 57.0 Å². The van der Waals surface area contributed by atoms with Gasteiger partial charge in [0.05, 0.1) is 10.3 Å². The molecule has 0 aliphatic carbocycles. The van der Waals surface area contributed by atoms with Crippen LogP contribution in [0.4, 0.5) is 5.82 Å². The van der Waals surface area contributed by atoms with Crippen LogP contribution < -0.4 is 4.90 Å². The molecule has 27 heavy (non-hydrogen) atoms. The summed E-state index contributed by atoms with van der Waals surface area (Å²) in [4.78, 5) is 31.0. The van der Waals surface area contributed by atoms with Gasteiger partial charge in [0, 0.05) is 39.3 Å². The van der Waals surface area contributed by atoms with Crippen LogP contribution in [-0.2, 0) is 0 Å². The minimum absolute atomic E-state index is 0.143. The van der Waals surface area contributed by atoms with Crippen molar-refractivity contribution in [3.05, 3.63) is 10.9 Å². The largest absolute Gasteiger partial charge is 0.356 e. The Morgan fingerprint density at radius 1 is 1.11 bits per heavy atom. The smallest absolute Gasteiger partial charge is 0.264 e. The highest BCUT2D eigenvalue weighted by Crippen LogP contribution is 2.34. The van der Waals surface area contributed by atoms with Gasteiger partial charge in [-0.05, 0) is 38.1 Å². The number of amides is 1. The lowest BCUT2D eigenvalue weighted by Crippen LogP contribution is -2.48. The van der Waals surface area contributed by atoms with E-state index >= 15 is 0 Å². The Bertz CT molecular complexity index is 810. The fraction of sp³-hybridized carbons (Fsp3) is 0.632. The lowest BCUT2D eigenvalue weighted by Gasteiger charge is -2.33. The highest BCUT2D eigenvalue weighted by atomic mass is 32.2. The van der Waals surface area contributed by atoms with Crippen molar-refractivity contribution in [2.45, 2.75) is 31.3 Å². The van der Waals surface area contributed by atoms with E-state index in [1.807, 2.05) is 17.2 Å². The Morgan fingerprint density at radius 2 is 1.85 bits per heavy atom. The van der Waals surface area contributed by atoms with Gasteiger partial charge in [0.15, 0.2) is 5.16 Å². The van der Waals surface area contributed by atoms with Gasteiger partial charge in [0.2, 0.25) is 0 Å². The molecule has 2 aliphatic heterocycles. The topological polar surface area (TPSA) is 52.6 Å². The van der Waals surface area contributed by atoms with Crippen LogP contribution in [0.2, 0.25) is 0 Å². The lowest BCUT2D eigenvalue weighted by molar-refractivity contribution is 0.0648. The molecule has 4 rings (SSSR count). The minimum Gasteiger partial charge on any atom is -0.356 e. The molecule has 2 aromatic heterocycles. The number of rotatable bonds is 4. The molecule has 0 saturated carbocycles. The normalized spacial score (nSPS) is 19.0. The van der Waals surface area contributed by atoms with E-state index in [1.54, 1.807) is 11.8 Å². The molecular weight excluding hydrogens is 378 g/mol. The van der Waals surface area contributed by atoms with Crippen molar-refractivity contribution in [1.29, 1.82) is 0 Å². The number of hydrogen-bond acceptors (Lipinski definition) is 7. The van der Waals surface area contributed by atoms with E-state index in [4.69, 9.17) is 4.98 Å². The maximum absolute atomic E-state index is 13.1. The van der Waals surface area contributed by atoms with Crippen molar-refractivity contribution in [2.24, 2.45) is 0 Å². The van der Waals surface area contributed by atoms with Crippen molar-refractivity contribution in [3.8, 4) is 0 Å². The van der Waals surface area contributed by atoms with Crippen LogP contribution in [0.15, 0.2) is 11.2 Å². The molecule has 6 nitrogen and oxygen atoms in total. The molecule has 2 aliphatic rings. The third-order valence-electron chi connectivity index (χ3n) is 5.51. The van der Waals surface area contributed by atoms with Crippen LogP contribution in [0, 0.1) is 0 Å². The molecule has 0 atom stereocenters. The van der Waals surface area contributed by atoms with Gasteiger partial charge in [-0.3, -0.25) is 4.79 Å². The Labute approximate surface area is 168 Å². The van der Waals surface area contributed by atoms with Gasteiger partial charge in [-0.2, -0.15) is 0 Å². The fourth-order valence-electron chi connectivity index (χ4n) is 3.85. The van der Waals surface area contributed by atoms with Gasteiger partial charge in [-0.1, -0.05) is 18.7 Å². The second kappa shape index (κ2) is 8.32. The zero-order valence-electron chi connectivity index (χ0n) is 16.1. The molecule has 0 radical (unpaired) electrons. The first kappa shape index (κ1) is 19.0. The average molecular weight is 406 g/mol. The number of hydrogen-bond donors (Lipinski definition) is 0. The molecule has 2 fully saturated rings. The number of fused-ring (bicyclic) bond motifs is 1. The van der Waals surface area contributed by atoms with Crippen molar-refractivity contribution < 1.29 is 4.79 Å². The molecule has 0 N–H and O–H groups in total. The molecule has 0 bridgehead atoms. The average Bonchev–Trinajstić information content (AvgIpc) is 3.17. The van der Waals surface area contributed by atoms with E-state index in [0.717, 1.165) is 71.9 Å². The van der Waals surface area contributed by atoms with Gasteiger partial charge >= 0.3 is 0 Å². The summed E-state index contributed by atoms with van der Waals surface area (Å²) in [6.45, 7) is 8.84. The maximum atomic E-state index is 13.1. The number of thioether (sulfide) groups is 1. The fourth-order valence-corrected chi connectivity index (χ4v) is 5.27. The summed E-state index contributed by atoms with van der Waals surface area (Å²) in [7, 11) is 0. The molecule has 0 spiro atoms.